The molecule has 0 amide bonds. The quantitative estimate of drug-likeness (QED) is 0.818. The van der Waals surface area contributed by atoms with Crippen LogP contribution in [0.5, 0.6) is 0 Å². The molecule has 1 fully saturated rings. The Balaban J connectivity index is 2.03. The number of carbonyl (C=O) groups is 1. The minimum absolute atomic E-state index is 0.137. The molecule has 1 N–H and O–H groups in total. The Morgan fingerprint density at radius 2 is 2.07 bits per heavy atom. The predicted molar refractivity (Wildman–Crippen MR) is 58.9 cm³/mol. The van der Waals surface area contributed by atoms with E-state index in [2.05, 4.69) is 31.2 Å². The number of hydrogen-bond donors (Lipinski definition) is 1. The van der Waals surface area contributed by atoms with Crippen LogP contribution in [-0.4, -0.2) is 11.1 Å². The van der Waals surface area contributed by atoms with E-state index in [-0.39, 0.29) is 11.8 Å². The van der Waals surface area contributed by atoms with Gasteiger partial charge in [0.25, 0.3) is 0 Å². The number of rotatable bonds is 4. The Morgan fingerprint density at radius 1 is 1.40 bits per heavy atom. The van der Waals surface area contributed by atoms with Crippen molar-refractivity contribution in [3.63, 3.8) is 0 Å². The minimum Gasteiger partial charge on any atom is -0.481 e. The molecule has 1 aromatic carbocycles. The third-order valence-corrected chi connectivity index (χ3v) is 3.05. The highest BCUT2D eigenvalue weighted by Crippen LogP contribution is 2.47. The summed E-state index contributed by atoms with van der Waals surface area (Å²) in [5.74, 6) is -0.530. The second-order valence-corrected chi connectivity index (χ2v) is 4.28. The number of carboxylic acids is 1. The maximum atomic E-state index is 10.7. The molecule has 0 aliphatic heterocycles. The van der Waals surface area contributed by atoms with E-state index in [1.165, 1.54) is 11.1 Å². The summed E-state index contributed by atoms with van der Waals surface area (Å²) in [7, 11) is 0. The number of aryl methyl sites for hydroxylation is 1. The maximum absolute atomic E-state index is 10.7. The molecule has 2 atom stereocenters. The van der Waals surface area contributed by atoms with Crippen LogP contribution in [0.1, 0.15) is 36.8 Å². The van der Waals surface area contributed by atoms with Gasteiger partial charge in [0, 0.05) is 0 Å². The molecule has 1 aliphatic carbocycles. The lowest BCUT2D eigenvalue weighted by atomic mass is 10.0. The third kappa shape index (κ3) is 2.20. The molecule has 1 aliphatic rings. The first-order valence-electron chi connectivity index (χ1n) is 5.54. The van der Waals surface area contributed by atoms with Crippen LogP contribution in [0.4, 0.5) is 0 Å². The normalized spacial score (nSPS) is 23.8. The highest BCUT2D eigenvalue weighted by atomic mass is 16.4. The van der Waals surface area contributed by atoms with Gasteiger partial charge in [-0.25, -0.2) is 0 Å². The molecule has 0 heterocycles. The van der Waals surface area contributed by atoms with Crippen molar-refractivity contribution in [2.24, 2.45) is 5.92 Å². The van der Waals surface area contributed by atoms with Crippen LogP contribution in [0.3, 0.4) is 0 Å². The molecule has 0 aromatic heterocycles. The van der Waals surface area contributed by atoms with Gasteiger partial charge >= 0.3 is 5.97 Å². The lowest BCUT2D eigenvalue weighted by Gasteiger charge is -2.01. The number of benzene rings is 1. The van der Waals surface area contributed by atoms with Crippen LogP contribution in [0, 0.1) is 5.92 Å². The van der Waals surface area contributed by atoms with Crippen molar-refractivity contribution in [3.8, 4) is 0 Å². The topological polar surface area (TPSA) is 37.3 Å². The van der Waals surface area contributed by atoms with Crippen LogP contribution < -0.4 is 0 Å². The summed E-state index contributed by atoms with van der Waals surface area (Å²) in [6.45, 7) is 2.16. The van der Waals surface area contributed by atoms with Crippen molar-refractivity contribution in [3.05, 3.63) is 35.4 Å². The number of hydrogen-bond acceptors (Lipinski definition) is 1. The molecule has 0 spiro atoms. The van der Waals surface area contributed by atoms with Crippen LogP contribution in [0.2, 0.25) is 0 Å². The second kappa shape index (κ2) is 4.05. The highest BCUT2D eigenvalue weighted by Gasteiger charge is 2.43. The summed E-state index contributed by atoms with van der Waals surface area (Å²) < 4.78 is 0. The van der Waals surface area contributed by atoms with Gasteiger partial charge < -0.3 is 5.11 Å². The molecule has 2 unspecified atom stereocenters. The van der Waals surface area contributed by atoms with E-state index in [1.54, 1.807) is 0 Å². The highest BCUT2D eigenvalue weighted by molar-refractivity contribution is 5.75. The van der Waals surface area contributed by atoms with E-state index >= 15 is 0 Å². The van der Waals surface area contributed by atoms with Gasteiger partial charge in [0.15, 0.2) is 0 Å². The summed E-state index contributed by atoms with van der Waals surface area (Å²) in [5.41, 5.74) is 2.52. The Kier molecular flexibility index (Phi) is 2.76. The van der Waals surface area contributed by atoms with E-state index in [4.69, 9.17) is 5.11 Å². The van der Waals surface area contributed by atoms with Crippen molar-refractivity contribution in [2.45, 2.75) is 32.1 Å². The number of aliphatic carboxylic acids is 1. The van der Waals surface area contributed by atoms with E-state index < -0.39 is 5.97 Å². The van der Waals surface area contributed by atoms with E-state index in [0.29, 0.717) is 0 Å². The molecule has 2 heteroatoms. The van der Waals surface area contributed by atoms with Gasteiger partial charge in [-0.1, -0.05) is 37.6 Å². The lowest BCUT2D eigenvalue weighted by molar-refractivity contribution is -0.138. The minimum atomic E-state index is -0.655. The monoisotopic (exact) mass is 204 g/mol. The Labute approximate surface area is 89.9 Å². The Hall–Kier alpha value is -1.31. The van der Waals surface area contributed by atoms with E-state index in [9.17, 15) is 4.79 Å². The van der Waals surface area contributed by atoms with Crippen molar-refractivity contribution >= 4 is 5.97 Å². The molecule has 80 valence electrons. The summed E-state index contributed by atoms with van der Waals surface area (Å²) in [5, 5.41) is 8.82. The second-order valence-electron chi connectivity index (χ2n) is 4.28. The molecule has 1 aromatic rings. The molecular weight excluding hydrogens is 188 g/mol. The fourth-order valence-electron chi connectivity index (χ4n) is 2.06. The molecule has 0 bridgehead atoms. The molecule has 15 heavy (non-hydrogen) atoms. The summed E-state index contributed by atoms with van der Waals surface area (Å²) in [6.07, 6.45) is 3.07. The summed E-state index contributed by atoms with van der Waals surface area (Å²) in [6, 6.07) is 8.41. The van der Waals surface area contributed by atoms with Gasteiger partial charge in [-0.2, -0.15) is 0 Å². The lowest BCUT2D eigenvalue weighted by Crippen LogP contribution is -1.98. The predicted octanol–water partition coefficient (Wildman–Crippen LogP) is 2.83. The molecular formula is C13H16O2. The standard InChI is InChI=1S/C13H16O2/c1-2-3-9-4-6-10(7-5-9)11-8-12(11)13(14)15/h4-7,11-12H,2-3,8H2,1H3,(H,14,15). The van der Waals surface area contributed by atoms with Gasteiger partial charge in [-0.05, 0) is 29.9 Å². The van der Waals surface area contributed by atoms with Gasteiger partial charge in [0.2, 0.25) is 0 Å². The average molecular weight is 204 g/mol. The van der Waals surface area contributed by atoms with Crippen LogP contribution >= 0.6 is 0 Å². The van der Waals surface area contributed by atoms with Crippen LogP contribution in [0.15, 0.2) is 24.3 Å². The Morgan fingerprint density at radius 3 is 2.53 bits per heavy atom. The third-order valence-electron chi connectivity index (χ3n) is 3.05. The summed E-state index contributed by atoms with van der Waals surface area (Å²) in [4.78, 5) is 10.7. The first-order valence-corrected chi connectivity index (χ1v) is 5.54. The Bertz CT molecular complexity index is 353. The van der Waals surface area contributed by atoms with Crippen molar-refractivity contribution in [1.29, 1.82) is 0 Å². The van der Waals surface area contributed by atoms with Crippen molar-refractivity contribution in [1.82, 2.24) is 0 Å². The van der Waals surface area contributed by atoms with Crippen molar-refractivity contribution < 1.29 is 9.90 Å². The fraction of sp³-hybridized carbons (Fsp3) is 0.462. The maximum Gasteiger partial charge on any atom is 0.307 e. The molecule has 2 rings (SSSR count). The average Bonchev–Trinajstić information content (AvgIpc) is 2.99. The summed E-state index contributed by atoms with van der Waals surface area (Å²) >= 11 is 0. The van der Waals surface area contributed by atoms with E-state index in [0.717, 1.165) is 19.3 Å². The van der Waals surface area contributed by atoms with E-state index in [1.807, 2.05) is 0 Å². The molecule has 2 nitrogen and oxygen atoms in total. The number of carboxylic acid groups (broad SMARTS) is 1. The fourth-order valence-corrected chi connectivity index (χ4v) is 2.06. The molecule has 0 radical (unpaired) electrons. The SMILES string of the molecule is CCCc1ccc(C2CC2C(=O)O)cc1. The zero-order valence-electron chi connectivity index (χ0n) is 8.94. The smallest absolute Gasteiger partial charge is 0.307 e. The first kappa shape index (κ1) is 10.2. The van der Waals surface area contributed by atoms with Gasteiger partial charge in [-0.3, -0.25) is 4.79 Å². The van der Waals surface area contributed by atoms with Crippen LogP contribution in [0.25, 0.3) is 0 Å². The van der Waals surface area contributed by atoms with Crippen LogP contribution in [-0.2, 0) is 11.2 Å². The largest absolute Gasteiger partial charge is 0.481 e. The molecule has 1 saturated carbocycles. The molecule has 0 saturated heterocycles. The van der Waals surface area contributed by atoms with Gasteiger partial charge in [0.05, 0.1) is 5.92 Å². The zero-order chi connectivity index (χ0) is 10.8. The van der Waals surface area contributed by atoms with Crippen molar-refractivity contribution in [2.75, 3.05) is 0 Å². The van der Waals surface area contributed by atoms with Gasteiger partial charge in [-0.15, -0.1) is 0 Å². The van der Waals surface area contributed by atoms with Gasteiger partial charge in [0.1, 0.15) is 0 Å². The zero-order valence-corrected chi connectivity index (χ0v) is 8.94. The first-order chi connectivity index (χ1) is 7.22.